The van der Waals surface area contributed by atoms with Crippen LogP contribution in [0.1, 0.15) is 5.69 Å². The van der Waals surface area contributed by atoms with Gasteiger partial charge in [-0.3, -0.25) is 0 Å². The average molecular weight is 378 g/mol. The van der Waals surface area contributed by atoms with E-state index in [0.29, 0.717) is 0 Å². The predicted octanol–water partition coefficient (Wildman–Crippen LogP) is 4.10. The lowest BCUT2D eigenvalue weighted by atomic mass is 10.1. The smallest absolute Gasteiger partial charge is 0.137 e. The van der Waals surface area contributed by atoms with E-state index in [-0.39, 0.29) is 0 Å². The quantitative estimate of drug-likeness (QED) is 0.471. The van der Waals surface area contributed by atoms with Gasteiger partial charge in [-0.1, -0.05) is 17.8 Å². The van der Waals surface area contributed by atoms with Crippen molar-refractivity contribution in [2.75, 3.05) is 14.2 Å². The number of nitrogens with zero attached hydrogens (tertiary/aromatic N) is 4. The first-order valence-electron chi connectivity index (χ1n) is 8.38. The van der Waals surface area contributed by atoms with Gasteiger partial charge < -0.3 is 13.9 Å². The zero-order valence-corrected chi connectivity index (χ0v) is 15.8. The van der Waals surface area contributed by atoms with Crippen molar-refractivity contribution in [2.24, 2.45) is 0 Å². The van der Waals surface area contributed by atoms with Gasteiger partial charge in [-0.2, -0.15) is 0 Å². The van der Waals surface area contributed by atoms with Crippen molar-refractivity contribution in [1.82, 2.24) is 19.6 Å². The van der Waals surface area contributed by atoms with Gasteiger partial charge in [-0.05, 0) is 42.5 Å². The van der Waals surface area contributed by atoms with Crippen LogP contribution in [0.5, 0.6) is 11.5 Å². The lowest BCUT2D eigenvalue weighted by molar-refractivity contribution is 0.404. The zero-order valence-electron chi connectivity index (χ0n) is 15.0. The van der Waals surface area contributed by atoms with E-state index in [9.17, 15) is 0 Å². The molecule has 0 bridgehead atoms. The molecule has 0 spiro atoms. The third-order valence-corrected chi connectivity index (χ3v) is 5.06. The molecule has 6 nitrogen and oxygen atoms in total. The minimum Gasteiger partial charge on any atom is -0.497 e. The molecule has 0 unspecified atom stereocenters. The van der Waals surface area contributed by atoms with E-state index in [0.717, 1.165) is 44.9 Å². The summed E-state index contributed by atoms with van der Waals surface area (Å²) in [6, 6.07) is 15.5. The van der Waals surface area contributed by atoms with Crippen LogP contribution in [-0.2, 0) is 5.75 Å². The Balaban J connectivity index is 1.50. The number of hydrogen-bond acceptors (Lipinski definition) is 6. The van der Waals surface area contributed by atoms with E-state index in [1.807, 2.05) is 65.3 Å². The second kappa shape index (κ2) is 7.67. The third-order valence-electron chi connectivity index (χ3n) is 4.10. The Bertz CT molecular complexity index is 1030. The molecule has 0 aliphatic carbocycles. The molecular weight excluding hydrogens is 360 g/mol. The summed E-state index contributed by atoms with van der Waals surface area (Å²) in [6.45, 7) is 0. The van der Waals surface area contributed by atoms with Crippen molar-refractivity contribution in [3.05, 3.63) is 66.6 Å². The number of hydrogen-bond donors (Lipinski definition) is 0. The average Bonchev–Trinajstić information content (AvgIpc) is 3.15. The standard InChI is InChI=1S/C20H18N4O2S/c1-25-15-6-8-18(26-2)16(11-15)17-7-9-20(23-22-17)27-13-14-12-24-10-4-3-5-19(24)21-14/h3-12H,13H2,1-2H3. The van der Waals surface area contributed by atoms with Crippen LogP contribution in [0, 0.1) is 0 Å². The van der Waals surface area contributed by atoms with Gasteiger partial charge in [0.15, 0.2) is 0 Å². The Morgan fingerprint density at radius 1 is 1.00 bits per heavy atom. The van der Waals surface area contributed by atoms with Crippen LogP contribution in [-0.4, -0.2) is 33.8 Å². The van der Waals surface area contributed by atoms with Gasteiger partial charge in [0, 0.05) is 23.7 Å². The number of aromatic nitrogens is 4. The van der Waals surface area contributed by atoms with Crippen molar-refractivity contribution < 1.29 is 9.47 Å². The first-order valence-corrected chi connectivity index (χ1v) is 9.37. The summed E-state index contributed by atoms with van der Waals surface area (Å²) in [7, 11) is 3.27. The number of benzene rings is 1. The molecule has 0 amide bonds. The van der Waals surface area contributed by atoms with Gasteiger partial charge in [-0.25, -0.2) is 4.98 Å². The molecule has 7 heteroatoms. The summed E-state index contributed by atoms with van der Waals surface area (Å²) in [5, 5.41) is 9.54. The minimum atomic E-state index is 0.732. The molecular formula is C20H18N4O2S. The maximum atomic E-state index is 5.42. The molecule has 136 valence electrons. The van der Waals surface area contributed by atoms with Crippen molar-refractivity contribution in [3.8, 4) is 22.8 Å². The number of ether oxygens (including phenoxy) is 2. The normalized spacial score (nSPS) is 10.9. The lowest BCUT2D eigenvalue weighted by Crippen LogP contribution is -1.94. The summed E-state index contributed by atoms with van der Waals surface area (Å²) < 4.78 is 12.7. The molecule has 27 heavy (non-hydrogen) atoms. The highest BCUT2D eigenvalue weighted by Crippen LogP contribution is 2.32. The molecule has 0 aliphatic heterocycles. The molecule has 0 N–H and O–H groups in total. The topological polar surface area (TPSA) is 61.5 Å². The van der Waals surface area contributed by atoms with Crippen molar-refractivity contribution in [1.29, 1.82) is 0 Å². The molecule has 0 saturated heterocycles. The summed E-state index contributed by atoms with van der Waals surface area (Å²) in [5.74, 6) is 2.21. The van der Waals surface area contributed by atoms with Gasteiger partial charge in [0.1, 0.15) is 22.2 Å². The van der Waals surface area contributed by atoms with Crippen LogP contribution in [0.3, 0.4) is 0 Å². The summed E-state index contributed by atoms with van der Waals surface area (Å²) in [6.07, 6.45) is 4.03. The Morgan fingerprint density at radius 3 is 2.67 bits per heavy atom. The van der Waals surface area contributed by atoms with Crippen LogP contribution >= 0.6 is 11.8 Å². The van der Waals surface area contributed by atoms with Gasteiger partial charge in [0.25, 0.3) is 0 Å². The molecule has 0 atom stereocenters. The highest BCUT2D eigenvalue weighted by molar-refractivity contribution is 7.98. The molecule has 0 saturated carbocycles. The lowest BCUT2D eigenvalue weighted by Gasteiger charge is -2.09. The Kier molecular flexibility index (Phi) is 4.93. The number of methoxy groups -OCH3 is 2. The maximum Gasteiger partial charge on any atom is 0.137 e. The van der Waals surface area contributed by atoms with Crippen LogP contribution in [0.4, 0.5) is 0 Å². The van der Waals surface area contributed by atoms with E-state index < -0.39 is 0 Å². The monoisotopic (exact) mass is 378 g/mol. The van der Waals surface area contributed by atoms with Crippen molar-refractivity contribution in [2.45, 2.75) is 10.8 Å². The van der Waals surface area contributed by atoms with Gasteiger partial charge >= 0.3 is 0 Å². The number of fused-ring (bicyclic) bond motifs is 1. The maximum absolute atomic E-state index is 5.42. The van der Waals surface area contributed by atoms with E-state index >= 15 is 0 Å². The highest BCUT2D eigenvalue weighted by atomic mass is 32.2. The fraction of sp³-hybridized carbons (Fsp3) is 0.150. The van der Waals surface area contributed by atoms with Gasteiger partial charge in [0.2, 0.25) is 0 Å². The molecule has 4 rings (SSSR count). The molecule has 4 aromatic rings. The first-order chi connectivity index (χ1) is 13.3. The van der Waals surface area contributed by atoms with Gasteiger partial charge in [-0.15, -0.1) is 10.2 Å². The fourth-order valence-electron chi connectivity index (χ4n) is 2.76. The number of rotatable bonds is 6. The zero-order chi connectivity index (χ0) is 18.6. The fourth-order valence-corrected chi connectivity index (χ4v) is 3.46. The van der Waals surface area contributed by atoms with Gasteiger partial charge in [0.05, 0.1) is 25.6 Å². The second-order valence-corrected chi connectivity index (χ2v) is 6.81. The molecule has 0 aliphatic rings. The summed E-state index contributed by atoms with van der Waals surface area (Å²) >= 11 is 1.60. The van der Waals surface area contributed by atoms with E-state index in [1.165, 1.54) is 0 Å². The molecule has 3 heterocycles. The largest absolute Gasteiger partial charge is 0.497 e. The SMILES string of the molecule is COc1ccc(OC)c(-c2ccc(SCc3cn4ccccc4n3)nn2)c1. The number of thioether (sulfide) groups is 1. The number of pyridine rings is 1. The third kappa shape index (κ3) is 3.73. The Hall–Kier alpha value is -3.06. The Morgan fingerprint density at radius 2 is 1.93 bits per heavy atom. The summed E-state index contributed by atoms with van der Waals surface area (Å²) in [5.41, 5.74) is 3.54. The highest BCUT2D eigenvalue weighted by Gasteiger charge is 2.10. The van der Waals surface area contributed by atoms with Crippen LogP contribution in [0.25, 0.3) is 16.9 Å². The van der Waals surface area contributed by atoms with Crippen molar-refractivity contribution in [3.63, 3.8) is 0 Å². The molecule has 0 fully saturated rings. The van der Waals surface area contributed by atoms with Crippen molar-refractivity contribution >= 4 is 17.4 Å². The van der Waals surface area contributed by atoms with Crippen LogP contribution < -0.4 is 9.47 Å². The molecule has 1 aromatic carbocycles. The number of imidazole rings is 1. The molecule has 3 aromatic heterocycles. The predicted molar refractivity (Wildman–Crippen MR) is 105 cm³/mol. The first kappa shape index (κ1) is 17.4. The van der Waals surface area contributed by atoms with E-state index in [2.05, 4.69) is 15.2 Å². The summed E-state index contributed by atoms with van der Waals surface area (Å²) in [4.78, 5) is 4.60. The molecule has 0 radical (unpaired) electrons. The second-order valence-electron chi connectivity index (χ2n) is 5.81. The van der Waals surface area contributed by atoms with E-state index in [4.69, 9.17) is 9.47 Å². The van der Waals surface area contributed by atoms with Crippen LogP contribution in [0.2, 0.25) is 0 Å². The Labute approximate surface area is 161 Å². The van der Waals surface area contributed by atoms with E-state index in [1.54, 1.807) is 26.0 Å². The van der Waals surface area contributed by atoms with Crippen LogP contribution in [0.15, 0.2) is 66.0 Å². The minimum absolute atomic E-state index is 0.732.